The van der Waals surface area contributed by atoms with Crippen LogP contribution in [0.1, 0.15) is 19.8 Å². The summed E-state index contributed by atoms with van der Waals surface area (Å²) in [7, 11) is 0. The zero-order chi connectivity index (χ0) is 11.1. The van der Waals surface area contributed by atoms with Crippen LogP contribution in [0.5, 0.6) is 0 Å². The maximum Gasteiger partial charge on any atom is 0.148 e. The van der Waals surface area contributed by atoms with Gasteiger partial charge >= 0.3 is 0 Å². The van der Waals surface area contributed by atoms with E-state index < -0.39 is 0 Å². The van der Waals surface area contributed by atoms with Crippen LogP contribution in [0.15, 0.2) is 18.2 Å². The van der Waals surface area contributed by atoms with E-state index in [9.17, 15) is 4.39 Å². The average Bonchev–Trinajstić information content (AvgIpc) is 2.30. The fraction of sp³-hybridized carbons (Fsp3) is 0.538. The molecule has 16 heavy (non-hydrogen) atoms. The van der Waals surface area contributed by atoms with Crippen molar-refractivity contribution >= 4 is 11.4 Å². The molecule has 86 valence electrons. The molecule has 0 aliphatic carbocycles. The number of anilines is 2. The molecule has 0 bridgehead atoms. The lowest BCUT2D eigenvalue weighted by molar-refractivity contribution is 0.350. The largest absolute Gasteiger partial charge is 0.379 e. The molecule has 1 aromatic rings. The average molecular weight is 220 g/mol. The van der Waals surface area contributed by atoms with Crippen molar-refractivity contribution < 1.29 is 4.39 Å². The zero-order valence-corrected chi connectivity index (χ0v) is 9.54. The number of nitrogens with zero attached hydrogens (tertiary/aromatic N) is 1. The number of rotatable bonds is 0. The predicted octanol–water partition coefficient (Wildman–Crippen LogP) is 2.86. The number of para-hydroxylation sites is 1. The molecular weight excluding hydrogens is 203 g/mol. The summed E-state index contributed by atoms with van der Waals surface area (Å²) in [6, 6.07) is 5.88. The Balaban J connectivity index is 2.02. The predicted molar refractivity (Wildman–Crippen MR) is 64.4 cm³/mol. The molecule has 0 spiro atoms. The molecular formula is C13H17FN2. The summed E-state index contributed by atoms with van der Waals surface area (Å²) in [5.74, 6) is 0.562. The first-order valence-corrected chi connectivity index (χ1v) is 6.06. The van der Waals surface area contributed by atoms with Crippen LogP contribution < -0.4 is 10.2 Å². The second-order valence-corrected chi connectivity index (χ2v) is 4.90. The first-order chi connectivity index (χ1) is 7.77. The summed E-state index contributed by atoms with van der Waals surface area (Å²) < 4.78 is 13.6. The fourth-order valence-electron chi connectivity index (χ4n) is 2.99. The van der Waals surface area contributed by atoms with Crippen LogP contribution >= 0.6 is 0 Å². The highest BCUT2D eigenvalue weighted by Gasteiger charge is 2.33. The van der Waals surface area contributed by atoms with Gasteiger partial charge in [0.05, 0.1) is 11.4 Å². The van der Waals surface area contributed by atoms with E-state index in [1.165, 1.54) is 18.9 Å². The Hall–Kier alpha value is -1.25. The highest BCUT2D eigenvalue weighted by atomic mass is 19.1. The minimum Gasteiger partial charge on any atom is -0.379 e. The SMILES string of the molecule is CC1CCCN2c3cccc(F)c3NCC12. The van der Waals surface area contributed by atoms with Crippen molar-refractivity contribution in [3.05, 3.63) is 24.0 Å². The third-order valence-electron chi connectivity index (χ3n) is 3.90. The lowest BCUT2D eigenvalue weighted by Crippen LogP contribution is -2.51. The number of benzene rings is 1. The van der Waals surface area contributed by atoms with Gasteiger partial charge in [-0.2, -0.15) is 0 Å². The van der Waals surface area contributed by atoms with E-state index in [2.05, 4.69) is 17.1 Å². The summed E-state index contributed by atoms with van der Waals surface area (Å²) in [5.41, 5.74) is 1.73. The van der Waals surface area contributed by atoms with Crippen LogP contribution in [0, 0.1) is 11.7 Å². The summed E-state index contributed by atoms with van der Waals surface area (Å²) in [4.78, 5) is 2.38. The molecule has 3 heteroatoms. The van der Waals surface area contributed by atoms with E-state index in [4.69, 9.17) is 0 Å². The summed E-state index contributed by atoms with van der Waals surface area (Å²) in [6.45, 7) is 4.23. The van der Waals surface area contributed by atoms with Gasteiger partial charge in [-0.1, -0.05) is 13.0 Å². The van der Waals surface area contributed by atoms with Gasteiger partial charge in [0.1, 0.15) is 5.82 Å². The second kappa shape index (κ2) is 3.65. The van der Waals surface area contributed by atoms with Crippen LogP contribution in [-0.2, 0) is 0 Å². The van der Waals surface area contributed by atoms with Gasteiger partial charge in [-0.3, -0.25) is 0 Å². The quantitative estimate of drug-likeness (QED) is 0.723. The summed E-state index contributed by atoms with van der Waals surface area (Å²) in [6.07, 6.45) is 2.50. The van der Waals surface area contributed by atoms with Crippen molar-refractivity contribution in [2.45, 2.75) is 25.8 Å². The fourth-order valence-corrected chi connectivity index (χ4v) is 2.99. The molecule has 2 nitrogen and oxygen atoms in total. The maximum atomic E-state index is 13.6. The van der Waals surface area contributed by atoms with Crippen molar-refractivity contribution in [1.82, 2.24) is 0 Å². The minimum atomic E-state index is -0.130. The molecule has 2 aliphatic rings. The molecule has 0 saturated carbocycles. The molecule has 1 aromatic carbocycles. The monoisotopic (exact) mass is 220 g/mol. The van der Waals surface area contributed by atoms with E-state index in [1.54, 1.807) is 6.07 Å². The molecule has 2 unspecified atom stereocenters. The van der Waals surface area contributed by atoms with Gasteiger partial charge in [0.15, 0.2) is 0 Å². The minimum absolute atomic E-state index is 0.130. The van der Waals surface area contributed by atoms with Crippen LogP contribution in [0.25, 0.3) is 0 Å². The highest BCUT2D eigenvalue weighted by Crippen LogP contribution is 2.38. The van der Waals surface area contributed by atoms with E-state index in [-0.39, 0.29) is 5.82 Å². The highest BCUT2D eigenvalue weighted by molar-refractivity contribution is 5.73. The van der Waals surface area contributed by atoms with Gasteiger partial charge in [-0.15, -0.1) is 0 Å². The Bertz CT molecular complexity index is 405. The van der Waals surface area contributed by atoms with Crippen LogP contribution in [-0.4, -0.2) is 19.1 Å². The number of hydrogen-bond donors (Lipinski definition) is 1. The molecule has 0 amide bonds. The molecule has 2 aliphatic heterocycles. The van der Waals surface area contributed by atoms with Crippen molar-refractivity contribution in [2.24, 2.45) is 5.92 Å². The molecule has 0 radical (unpaired) electrons. The lowest BCUT2D eigenvalue weighted by atomic mass is 9.88. The van der Waals surface area contributed by atoms with Gasteiger partial charge in [0.25, 0.3) is 0 Å². The van der Waals surface area contributed by atoms with Gasteiger partial charge in [-0.25, -0.2) is 4.39 Å². The Labute approximate surface area is 95.4 Å². The van der Waals surface area contributed by atoms with Gasteiger partial charge in [-0.05, 0) is 30.9 Å². The summed E-state index contributed by atoms with van der Waals surface area (Å²) in [5, 5.41) is 3.24. The van der Waals surface area contributed by atoms with E-state index in [1.807, 2.05) is 6.07 Å². The number of piperidine rings is 1. The van der Waals surface area contributed by atoms with Gasteiger partial charge in [0, 0.05) is 19.1 Å². The van der Waals surface area contributed by atoms with Crippen LogP contribution in [0.2, 0.25) is 0 Å². The maximum absolute atomic E-state index is 13.6. The number of fused-ring (bicyclic) bond motifs is 3. The number of nitrogens with one attached hydrogen (secondary N) is 1. The Kier molecular flexibility index (Phi) is 2.27. The normalized spacial score (nSPS) is 28.0. The topological polar surface area (TPSA) is 15.3 Å². The van der Waals surface area contributed by atoms with Crippen molar-refractivity contribution in [3.63, 3.8) is 0 Å². The second-order valence-electron chi connectivity index (χ2n) is 4.90. The number of hydrogen-bond acceptors (Lipinski definition) is 2. The number of halogens is 1. The third-order valence-corrected chi connectivity index (χ3v) is 3.90. The smallest absolute Gasteiger partial charge is 0.148 e. The standard InChI is InChI=1S/C13H17FN2/c1-9-4-3-7-16-11-6-2-5-10(14)13(11)15-8-12(9)16/h2,5-6,9,12,15H,3-4,7-8H2,1H3. The molecule has 1 saturated heterocycles. The van der Waals surface area contributed by atoms with Gasteiger partial charge in [0.2, 0.25) is 0 Å². The Morgan fingerprint density at radius 2 is 2.31 bits per heavy atom. The van der Waals surface area contributed by atoms with Crippen molar-refractivity contribution in [1.29, 1.82) is 0 Å². The Morgan fingerprint density at radius 1 is 1.44 bits per heavy atom. The van der Waals surface area contributed by atoms with E-state index in [0.29, 0.717) is 17.6 Å². The molecule has 0 aromatic heterocycles. The molecule has 2 heterocycles. The van der Waals surface area contributed by atoms with Crippen molar-refractivity contribution in [2.75, 3.05) is 23.3 Å². The lowest BCUT2D eigenvalue weighted by Gasteiger charge is -2.45. The van der Waals surface area contributed by atoms with Crippen LogP contribution in [0.3, 0.4) is 0 Å². The van der Waals surface area contributed by atoms with E-state index in [0.717, 1.165) is 18.8 Å². The van der Waals surface area contributed by atoms with Crippen LogP contribution in [0.4, 0.5) is 15.8 Å². The molecule has 3 rings (SSSR count). The molecule has 2 atom stereocenters. The first-order valence-electron chi connectivity index (χ1n) is 6.06. The first kappa shape index (κ1) is 9.94. The molecule has 1 N–H and O–H groups in total. The van der Waals surface area contributed by atoms with E-state index >= 15 is 0 Å². The third kappa shape index (κ3) is 1.38. The van der Waals surface area contributed by atoms with Gasteiger partial charge < -0.3 is 10.2 Å². The Morgan fingerprint density at radius 3 is 3.19 bits per heavy atom. The zero-order valence-electron chi connectivity index (χ0n) is 9.54. The summed E-state index contributed by atoms with van der Waals surface area (Å²) >= 11 is 0. The van der Waals surface area contributed by atoms with Crippen molar-refractivity contribution in [3.8, 4) is 0 Å². The molecule has 1 fully saturated rings.